The topological polar surface area (TPSA) is 21.3 Å². The molecule has 0 aliphatic heterocycles. The van der Waals surface area contributed by atoms with Crippen LogP contribution in [0.15, 0.2) is 72.8 Å². The molecule has 2 heteroatoms. The van der Waals surface area contributed by atoms with Gasteiger partial charge >= 0.3 is 0 Å². The van der Waals surface area contributed by atoms with Crippen molar-refractivity contribution >= 4 is 5.69 Å². The van der Waals surface area contributed by atoms with Gasteiger partial charge in [0.2, 0.25) is 0 Å². The first-order chi connectivity index (χ1) is 9.45. The van der Waals surface area contributed by atoms with Crippen molar-refractivity contribution in [2.24, 2.45) is 0 Å². The van der Waals surface area contributed by atoms with E-state index in [0.29, 0.717) is 13.2 Å². The van der Waals surface area contributed by atoms with Gasteiger partial charge in [0.1, 0.15) is 0 Å². The lowest BCUT2D eigenvalue weighted by molar-refractivity contribution is 0.148. The summed E-state index contributed by atoms with van der Waals surface area (Å²) in [4.78, 5) is 0. The monoisotopic (exact) mass is 253 g/mol. The van der Waals surface area contributed by atoms with Crippen LogP contribution in [-0.4, -0.2) is 13.2 Å². The molecular formula is C17H19NO. The van der Waals surface area contributed by atoms with Crippen molar-refractivity contribution in [1.82, 2.24) is 0 Å². The molecule has 0 amide bonds. The van der Waals surface area contributed by atoms with Crippen LogP contribution < -0.4 is 5.32 Å². The molecule has 0 unspecified atom stereocenters. The lowest BCUT2D eigenvalue weighted by Gasteiger charge is -2.02. The zero-order valence-corrected chi connectivity index (χ0v) is 11.0. The highest BCUT2D eigenvalue weighted by molar-refractivity contribution is 5.42. The third-order valence-corrected chi connectivity index (χ3v) is 2.69. The fraction of sp³-hybridized carbons (Fsp3) is 0.176. The van der Waals surface area contributed by atoms with E-state index in [1.165, 1.54) is 5.56 Å². The van der Waals surface area contributed by atoms with E-state index < -0.39 is 0 Å². The van der Waals surface area contributed by atoms with Gasteiger partial charge in [-0.05, 0) is 17.7 Å². The van der Waals surface area contributed by atoms with Gasteiger partial charge in [0.05, 0.1) is 13.2 Å². The molecule has 2 aromatic carbocycles. The van der Waals surface area contributed by atoms with Gasteiger partial charge in [-0.15, -0.1) is 0 Å². The molecule has 2 nitrogen and oxygen atoms in total. The van der Waals surface area contributed by atoms with Gasteiger partial charge in [-0.25, -0.2) is 0 Å². The van der Waals surface area contributed by atoms with E-state index >= 15 is 0 Å². The molecule has 0 aliphatic rings. The Bertz CT molecular complexity index is 479. The highest BCUT2D eigenvalue weighted by atomic mass is 16.5. The van der Waals surface area contributed by atoms with E-state index in [2.05, 4.69) is 35.7 Å². The number of hydrogen-bond acceptors (Lipinski definition) is 2. The number of benzene rings is 2. The average molecular weight is 253 g/mol. The van der Waals surface area contributed by atoms with Crippen molar-refractivity contribution in [2.75, 3.05) is 18.5 Å². The van der Waals surface area contributed by atoms with Gasteiger partial charge in [-0.1, -0.05) is 60.7 Å². The lowest BCUT2D eigenvalue weighted by Crippen LogP contribution is -1.98. The quantitative estimate of drug-likeness (QED) is 0.597. The van der Waals surface area contributed by atoms with E-state index in [1.54, 1.807) is 0 Å². The van der Waals surface area contributed by atoms with Gasteiger partial charge in [0, 0.05) is 12.2 Å². The third-order valence-electron chi connectivity index (χ3n) is 2.69. The second-order valence-electron chi connectivity index (χ2n) is 4.22. The molecule has 0 spiro atoms. The largest absolute Gasteiger partial charge is 0.382 e. The predicted molar refractivity (Wildman–Crippen MR) is 80.2 cm³/mol. The zero-order valence-electron chi connectivity index (χ0n) is 11.0. The summed E-state index contributed by atoms with van der Waals surface area (Å²) in [6.07, 6.45) is 4.12. The van der Waals surface area contributed by atoms with Crippen LogP contribution in [0.25, 0.3) is 0 Å². The number of ether oxygens (including phenoxy) is 1. The Morgan fingerprint density at radius 2 is 1.53 bits per heavy atom. The van der Waals surface area contributed by atoms with Crippen LogP contribution >= 0.6 is 0 Å². The smallest absolute Gasteiger partial charge is 0.0721 e. The van der Waals surface area contributed by atoms with Gasteiger partial charge in [0.15, 0.2) is 0 Å². The number of nitrogens with one attached hydrogen (secondary N) is 1. The second-order valence-corrected chi connectivity index (χ2v) is 4.22. The SMILES string of the molecule is C(=C/COCc1ccccc1)/CNc1ccccc1. The predicted octanol–water partition coefficient (Wildman–Crippen LogP) is 3.87. The van der Waals surface area contributed by atoms with Crippen molar-refractivity contribution in [2.45, 2.75) is 6.61 Å². The first-order valence-electron chi connectivity index (χ1n) is 6.51. The zero-order chi connectivity index (χ0) is 13.2. The van der Waals surface area contributed by atoms with Crippen molar-refractivity contribution < 1.29 is 4.74 Å². The summed E-state index contributed by atoms with van der Waals surface area (Å²) in [5.41, 5.74) is 2.34. The minimum Gasteiger partial charge on any atom is -0.382 e. The standard InChI is InChI=1S/C17H19NO/c1-3-9-16(10-4-1)15-19-14-8-7-13-18-17-11-5-2-6-12-17/h1-12,18H,13-15H2/b8-7-. The van der Waals surface area contributed by atoms with Crippen LogP contribution in [0.3, 0.4) is 0 Å². The van der Waals surface area contributed by atoms with Crippen LogP contribution in [0, 0.1) is 0 Å². The summed E-state index contributed by atoms with van der Waals surface area (Å²) in [5.74, 6) is 0. The Hall–Kier alpha value is -2.06. The maximum Gasteiger partial charge on any atom is 0.0721 e. The van der Waals surface area contributed by atoms with Gasteiger partial charge < -0.3 is 10.1 Å². The fourth-order valence-electron chi connectivity index (χ4n) is 1.70. The van der Waals surface area contributed by atoms with Crippen LogP contribution in [0.4, 0.5) is 5.69 Å². The van der Waals surface area contributed by atoms with E-state index in [1.807, 2.05) is 42.5 Å². The van der Waals surface area contributed by atoms with Crippen LogP contribution in [0.1, 0.15) is 5.56 Å². The van der Waals surface area contributed by atoms with E-state index in [9.17, 15) is 0 Å². The van der Waals surface area contributed by atoms with Crippen molar-refractivity contribution in [3.8, 4) is 0 Å². The minimum absolute atomic E-state index is 0.644. The van der Waals surface area contributed by atoms with E-state index in [-0.39, 0.29) is 0 Å². The first-order valence-corrected chi connectivity index (χ1v) is 6.51. The van der Waals surface area contributed by atoms with Crippen molar-refractivity contribution in [1.29, 1.82) is 0 Å². The molecule has 98 valence electrons. The number of hydrogen-bond donors (Lipinski definition) is 1. The molecule has 0 fully saturated rings. The van der Waals surface area contributed by atoms with Crippen LogP contribution in [0.5, 0.6) is 0 Å². The van der Waals surface area contributed by atoms with E-state index in [4.69, 9.17) is 4.74 Å². The van der Waals surface area contributed by atoms with Crippen LogP contribution in [0.2, 0.25) is 0 Å². The summed E-state index contributed by atoms with van der Waals surface area (Å²) in [6, 6.07) is 20.4. The Labute approximate surface area is 114 Å². The summed E-state index contributed by atoms with van der Waals surface area (Å²) in [6.45, 7) is 2.13. The average Bonchev–Trinajstić information content (AvgIpc) is 2.48. The molecule has 0 aliphatic carbocycles. The Morgan fingerprint density at radius 3 is 2.26 bits per heavy atom. The third kappa shape index (κ3) is 5.40. The molecule has 0 saturated heterocycles. The maximum absolute atomic E-state index is 5.56. The van der Waals surface area contributed by atoms with Crippen molar-refractivity contribution in [3.63, 3.8) is 0 Å². The number of rotatable bonds is 7. The summed E-state index contributed by atoms with van der Waals surface area (Å²) in [7, 11) is 0. The Balaban J connectivity index is 1.57. The van der Waals surface area contributed by atoms with Gasteiger partial charge in [-0.3, -0.25) is 0 Å². The molecule has 0 radical (unpaired) electrons. The fourth-order valence-corrected chi connectivity index (χ4v) is 1.70. The molecule has 0 bridgehead atoms. The lowest BCUT2D eigenvalue weighted by atomic mass is 10.2. The first kappa shape index (κ1) is 13.4. The molecule has 19 heavy (non-hydrogen) atoms. The molecule has 0 aromatic heterocycles. The number of anilines is 1. The number of para-hydroxylation sites is 1. The normalized spacial score (nSPS) is 10.7. The van der Waals surface area contributed by atoms with Gasteiger partial charge in [0.25, 0.3) is 0 Å². The molecule has 0 saturated carbocycles. The molecule has 2 rings (SSSR count). The molecule has 1 N–H and O–H groups in total. The van der Waals surface area contributed by atoms with Crippen molar-refractivity contribution in [3.05, 3.63) is 78.4 Å². The molecule has 0 heterocycles. The highest BCUT2D eigenvalue weighted by Crippen LogP contribution is 2.04. The Morgan fingerprint density at radius 1 is 0.842 bits per heavy atom. The Kier molecular flexibility index (Phi) is 5.71. The second kappa shape index (κ2) is 8.11. The molecule has 2 aromatic rings. The highest BCUT2D eigenvalue weighted by Gasteiger charge is 1.89. The summed E-state index contributed by atoms with van der Waals surface area (Å²) >= 11 is 0. The maximum atomic E-state index is 5.56. The summed E-state index contributed by atoms with van der Waals surface area (Å²) in [5, 5.41) is 3.31. The molecular weight excluding hydrogens is 234 g/mol. The van der Waals surface area contributed by atoms with Crippen LogP contribution in [-0.2, 0) is 11.3 Å². The summed E-state index contributed by atoms with van der Waals surface area (Å²) < 4.78 is 5.56. The molecule has 0 atom stereocenters. The minimum atomic E-state index is 0.644. The van der Waals surface area contributed by atoms with Gasteiger partial charge in [-0.2, -0.15) is 0 Å². The van der Waals surface area contributed by atoms with E-state index in [0.717, 1.165) is 12.2 Å².